The van der Waals surface area contributed by atoms with Crippen LogP contribution in [0, 0.1) is 10.1 Å². The van der Waals surface area contributed by atoms with Crippen LogP contribution in [0.25, 0.3) is 0 Å². The molecule has 3 rings (SSSR count). The number of hydrogen-bond acceptors (Lipinski definition) is 8. The minimum atomic E-state index is -0.710. The number of nitrogens with zero attached hydrogens (tertiary/aromatic N) is 4. The topological polar surface area (TPSA) is 156 Å². The van der Waals surface area contributed by atoms with Crippen molar-refractivity contribution in [3.63, 3.8) is 0 Å². The Morgan fingerprint density at radius 2 is 2.00 bits per heavy atom. The summed E-state index contributed by atoms with van der Waals surface area (Å²) in [4.78, 5) is 44.4. The molecule has 1 fully saturated rings. The highest BCUT2D eigenvalue weighted by Crippen LogP contribution is 2.36. The number of halogens is 2. The molecule has 1 saturated heterocycles. The van der Waals surface area contributed by atoms with E-state index in [2.05, 4.69) is 20.6 Å². The van der Waals surface area contributed by atoms with Gasteiger partial charge in [-0.2, -0.15) is 0 Å². The summed E-state index contributed by atoms with van der Waals surface area (Å²) in [5, 5.41) is 18.3. The average molecular weight is 482 g/mol. The first-order chi connectivity index (χ1) is 15.3. The van der Waals surface area contributed by atoms with Crippen LogP contribution in [-0.4, -0.2) is 52.4 Å². The summed E-state index contributed by atoms with van der Waals surface area (Å²) in [6.45, 7) is 0.358. The first-order valence-corrected chi connectivity index (χ1v) is 10.5. The zero-order valence-corrected chi connectivity index (χ0v) is 18.4. The van der Waals surface area contributed by atoms with Crippen LogP contribution in [0.1, 0.15) is 18.4 Å². The molecular formula is C19H21Cl2N7O4. The molecule has 1 aromatic carbocycles. The third-order valence-corrected chi connectivity index (χ3v) is 5.69. The van der Waals surface area contributed by atoms with E-state index in [1.54, 1.807) is 23.1 Å². The Morgan fingerprint density at radius 1 is 1.28 bits per heavy atom. The molecule has 0 saturated carbocycles. The van der Waals surface area contributed by atoms with Gasteiger partial charge in [0.2, 0.25) is 23.5 Å². The van der Waals surface area contributed by atoms with Gasteiger partial charge in [0.15, 0.2) is 0 Å². The lowest BCUT2D eigenvalue weighted by Gasteiger charge is -2.24. The monoisotopic (exact) mass is 481 g/mol. The maximum absolute atomic E-state index is 12.5. The molecule has 1 aromatic heterocycles. The number of primary amides is 1. The Bertz CT molecular complexity index is 1020. The number of carbonyl (C=O) groups is 2. The van der Waals surface area contributed by atoms with Crippen molar-refractivity contribution in [3.05, 3.63) is 50.2 Å². The molecule has 2 aromatic rings. The molecule has 1 unspecified atom stereocenters. The van der Waals surface area contributed by atoms with Crippen LogP contribution in [0.2, 0.25) is 10.0 Å². The minimum absolute atomic E-state index is 0.0198. The van der Waals surface area contributed by atoms with Gasteiger partial charge < -0.3 is 21.3 Å². The van der Waals surface area contributed by atoms with Gasteiger partial charge in [-0.3, -0.25) is 19.7 Å². The number of amides is 2. The SMILES string of the molecule is NC(=O)CNC(=O)C1CCCN1c1ncnc(NCCc2c(Cl)cccc2Cl)c1[N+](=O)[O-]. The number of rotatable bonds is 9. The van der Waals surface area contributed by atoms with Crippen LogP contribution in [-0.2, 0) is 16.0 Å². The van der Waals surface area contributed by atoms with Crippen molar-refractivity contribution >= 4 is 52.3 Å². The second kappa shape index (κ2) is 10.4. The van der Waals surface area contributed by atoms with E-state index in [1.807, 2.05) is 0 Å². The highest BCUT2D eigenvalue weighted by atomic mass is 35.5. The van der Waals surface area contributed by atoms with Gasteiger partial charge in [0, 0.05) is 23.1 Å². The van der Waals surface area contributed by atoms with Gasteiger partial charge in [-0.05, 0) is 37.0 Å². The molecule has 0 radical (unpaired) electrons. The Labute approximate surface area is 193 Å². The van der Waals surface area contributed by atoms with Gasteiger partial charge in [0.25, 0.3) is 0 Å². The number of aromatic nitrogens is 2. The standard InChI is InChI=1S/C19H21Cl2N7O4/c20-12-3-1-4-13(21)11(12)6-7-23-17-16(28(31)32)18(26-10-25-17)27-8-2-5-14(27)19(30)24-9-15(22)29/h1,3-4,10,14H,2,5-9H2,(H2,22,29)(H,24,30)(H,23,25,26). The molecule has 0 spiro atoms. The third kappa shape index (κ3) is 5.35. The summed E-state index contributed by atoms with van der Waals surface area (Å²) in [5.41, 5.74) is 5.45. The van der Waals surface area contributed by atoms with E-state index in [-0.39, 0.29) is 30.4 Å². The van der Waals surface area contributed by atoms with Crippen LogP contribution < -0.4 is 21.3 Å². The molecule has 0 aliphatic carbocycles. The molecule has 0 bridgehead atoms. The first kappa shape index (κ1) is 23.5. The molecule has 32 heavy (non-hydrogen) atoms. The second-order valence-electron chi connectivity index (χ2n) is 7.06. The Balaban J connectivity index is 1.80. The highest BCUT2D eigenvalue weighted by Gasteiger charge is 2.37. The van der Waals surface area contributed by atoms with Crippen LogP contribution in [0.15, 0.2) is 24.5 Å². The summed E-state index contributed by atoms with van der Waals surface area (Å²) in [7, 11) is 0. The maximum Gasteiger partial charge on any atom is 0.353 e. The molecule has 2 heterocycles. The van der Waals surface area contributed by atoms with Gasteiger partial charge in [-0.15, -0.1) is 0 Å². The molecule has 1 aliphatic heterocycles. The summed E-state index contributed by atoms with van der Waals surface area (Å²) < 4.78 is 0. The van der Waals surface area contributed by atoms with E-state index in [9.17, 15) is 19.7 Å². The van der Waals surface area contributed by atoms with Gasteiger partial charge >= 0.3 is 5.69 Å². The smallest absolute Gasteiger partial charge is 0.353 e. The molecule has 2 amide bonds. The number of nitrogens with two attached hydrogens (primary N) is 1. The quantitative estimate of drug-likeness (QED) is 0.362. The van der Waals surface area contributed by atoms with Crippen molar-refractivity contribution in [1.82, 2.24) is 15.3 Å². The van der Waals surface area contributed by atoms with E-state index in [0.717, 1.165) is 0 Å². The zero-order valence-electron chi connectivity index (χ0n) is 16.9. The van der Waals surface area contributed by atoms with E-state index < -0.39 is 22.8 Å². The Kier molecular flexibility index (Phi) is 7.65. The predicted octanol–water partition coefficient (Wildman–Crippen LogP) is 1.92. The lowest BCUT2D eigenvalue weighted by Crippen LogP contribution is -2.46. The average Bonchev–Trinajstić information content (AvgIpc) is 3.23. The fourth-order valence-corrected chi connectivity index (χ4v) is 4.13. The number of carbonyl (C=O) groups excluding carboxylic acids is 2. The summed E-state index contributed by atoms with van der Waals surface area (Å²) in [5.74, 6) is -1.08. The van der Waals surface area contributed by atoms with Gasteiger partial charge in [-0.25, -0.2) is 9.97 Å². The molecule has 13 heteroatoms. The largest absolute Gasteiger partial charge is 0.368 e. The molecular weight excluding hydrogens is 461 g/mol. The van der Waals surface area contributed by atoms with E-state index in [1.165, 1.54) is 6.33 Å². The number of benzene rings is 1. The van der Waals surface area contributed by atoms with Crippen molar-refractivity contribution in [3.8, 4) is 0 Å². The molecule has 11 nitrogen and oxygen atoms in total. The lowest BCUT2D eigenvalue weighted by molar-refractivity contribution is -0.383. The minimum Gasteiger partial charge on any atom is -0.368 e. The number of nitro groups is 1. The fourth-order valence-electron chi connectivity index (χ4n) is 3.54. The third-order valence-electron chi connectivity index (χ3n) is 4.98. The second-order valence-corrected chi connectivity index (χ2v) is 7.88. The van der Waals surface area contributed by atoms with Crippen LogP contribution in [0.5, 0.6) is 0 Å². The Hall–Kier alpha value is -3.18. The number of nitrogens with one attached hydrogen (secondary N) is 2. The van der Waals surface area contributed by atoms with Crippen molar-refractivity contribution in [2.24, 2.45) is 5.73 Å². The van der Waals surface area contributed by atoms with Crippen molar-refractivity contribution < 1.29 is 14.5 Å². The van der Waals surface area contributed by atoms with Crippen LogP contribution >= 0.6 is 23.2 Å². The Morgan fingerprint density at radius 3 is 2.66 bits per heavy atom. The van der Waals surface area contributed by atoms with Gasteiger partial charge in [0.1, 0.15) is 12.4 Å². The first-order valence-electron chi connectivity index (χ1n) is 9.78. The van der Waals surface area contributed by atoms with Gasteiger partial charge in [-0.1, -0.05) is 29.3 Å². The predicted molar refractivity (Wildman–Crippen MR) is 120 cm³/mol. The molecule has 1 aliphatic rings. The maximum atomic E-state index is 12.5. The summed E-state index contributed by atoms with van der Waals surface area (Å²) >= 11 is 12.4. The number of hydrogen-bond donors (Lipinski definition) is 3. The molecule has 1 atom stereocenters. The van der Waals surface area contributed by atoms with E-state index >= 15 is 0 Å². The number of anilines is 2. The summed E-state index contributed by atoms with van der Waals surface area (Å²) in [6, 6.07) is 4.45. The fraction of sp³-hybridized carbons (Fsp3) is 0.368. The van der Waals surface area contributed by atoms with Gasteiger partial charge in [0.05, 0.1) is 11.5 Å². The van der Waals surface area contributed by atoms with Crippen molar-refractivity contribution in [2.75, 3.05) is 29.9 Å². The van der Waals surface area contributed by atoms with Crippen LogP contribution in [0.4, 0.5) is 17.3 Å². The lowest BCUT2D eigenvalue weighted by atomic mass is 10.1. The van der Waals surface area contributed by atoms with Crippen molar-refractivity contribution in [2.45, 2.75) is 25.3 Å². The van der Waals surface area contributed by atoms with Crippen molar-refractivity contribution in [1.29, 1.82) is 0 Å². The molecule has 170 valence electrons. The van der Waals surface area contributed by atoms with E-state index in [4.69, 9.17) is 28.9 Å². The zero-order chi connectivity index (χ0) is 23.3. The van der Waals surface area contributed by atoms with Crippen LogP contribution in [0.3, 0.4) is 0 Å². The summed E-state index contributed by atoms with van der Waals surface area (Å²) in [6.07, 6.45) is 2.70. The van der Waals surface area contributed by atoms with E-state index in [0.29, 0.717) is 41.4 Å². The highest BCUT2D eigenvalue weighted by molar-refractivity contribution is 6.36. The normalized spacial score (nSPS) is 15.4. The molecule has 4 N–H and O–H groups in total.